The fourth-order valence-corrected chi connectivity index (χ4v) is 3.01. The lowest BCUT2D eigenvalue weighted by Crippen LogP contribution is -2.23. The molecule has 1 aliphatic rings. The van der Waals surface area contributed by atoms with E-state index in [-0.39, 0.29) is 12.6 Å². The third kappa shape index (κ3) is 3.34. The summed E-state index contributed by atoms with van der Waals surface area (Å²) in [4.78, 5) is 0. The van der Waals surface area contributed by atoms with E-state index in [4.69, 9.17) is 4.52 Å². The highest BCUT2D eigenvalue weighted by molar-refractivity contribution is 5.26. The first-order valence-electron chi connectivity index (χ1n) is 7.74. The van der Waals surface area contributed by atoms with Crippen molar-refractivity contribution in [3.63, 3.8) is 0 Å². The topological polar surface area (TPSA) is 58.3 Å². The molecule has 21 heavy (non-hydrogen) atoms. The van der Waals surface area contributed by atoms with Gasteiger partial charge >= 0.3 is 0 Å². The van der Waals surface area contributed by atoms with Gasteiger partial charge in [0, 0.05) is 31.2 Å². The highest BCUT2D eigenvalue weighted by Gasteiger charge is 2.20. The first-order valence-corrected chi connectivity index (χ1v) is 7.74. The number of nitrogens with zero attached hydrogens (tertiary/aromatic N) is 1. The van der Waals surface area contributed by atoms with Gasteiger partial charge in [0.05, 0.1) is 0 Å². The minimum absolute atomic E-state index is 0.146. The Morgan fingerprint density at radius 1 is 1.19 bits per heavy atom. The molecule has 1 atom stereocenters. The summed E-state index contributed by atoms with van der Waals surface area (Å²) in [7, 11) is 0. The average molecular weight is 286 g/mol. The van der Waals surface area contributed by atoms with Crippen LogP contribution in [0.1, 0.15) is 47.9 Å². The predicted octanol–water partition coefficient (Wildman–Crippen LogP) is 2.77. The van der Waals surface area contributed by atoms with Crippen LogP contribution in [0.15, 0.2) is 34.9 Å². The number of hydrogen-bond acceptors (Lipinski definition) is 4. The van der Waals surface area contributed by atoms with E-state index in [9.17, 15) is 5.11 Å². The number of fused-ring (bicyclic) bond motifs is 1. The maximum Gasteiger partial charge on any atom is 0.140 e. The van der Waals surface area contributed by atoms with Gasteiger partial charge in [-0.25, -0.2) is 0 Å². The van der Waals surface area contributed by atoms with Crippen molar-refractivity contribution in [2.45, 2.75) is 44.7 Å². The molecule has 0 spiro atoms. The van der Waals surface area contributed by atoms with Crippen LogP contribution in [0.25, 0.3) is 0 Å². The summed E-state index contributed by atoms with van der Waals surface area (Å²) in [5.74, 6) is 1.07. The van der Waals surface area contributed by atoms with Gasteiger partial charge in [0.25, 0.3) is 0 Å². The van der Waals surface area contributed by atoms with Crippen LogP contribution < -0.4 is 5.32 Å². The zero-order chi connectivity index (χ0) is 14.5. The first kappa shape index (κ1) is 14.3. The van der Waals surface area contributed by atoms with E-state index in [1.54, 1.807) is 0 Å². The fraction of sp³-hybridized carbons (Fsp3) is 0.471. The lowest BCUT2D eigenvalue weighted by atomic mass is 9.96. The van der Waals surface area contributed by atoms with Crippen molar-refractivity contribution in [3.05, 3.63) is 52.9 Å². The summed E-state index contributed by atoms with van der Waals surface area (Å²) in [6.45, 7) is 0.863. The zero-order valence-electron chi connectivity index (χ0n) is 12.2. The summed E-state index contributed by atoms with van der Waals surface area (Å²) in [5.41, 5.74) is 3.53. The fourth-order valence-electron chi connectivity index (χ4n) is 3.01. The van der Waals surface area contributed by atoms with E-state index >= 15 is 0 Å². The molecule has 4 heteroatoms. The molecule has 0 amide bonds. The number of benzene rings is 1. The summed E-state index contributed by atoms with van der Waals surface area (Å²) in [6.07, 6.45) is 5.21. The summed E-state index contributed by atoms with van der Waals surface area (Å²) in [6, 6.07) is 10.4. The monoisotopic (exact) mass is 286 g/mol. The maximum atomic E-state index is 9.27. The van der Waals surface area contributed by atoms with Crippen LogP contribution in [0.2, 0.25) is 0 Å². The number of aromatic nitrogens is 1. The van der Waals surface area contributed by atoms with Crippen molar-refractivity contribution in [3.8, 4) is 0 Å². The van der Waals surface area contributed by atoms with E-state index in [1.165, 1.54) is 24.0 Å². The quantitative estimate of drug-likeness (QED) is 0.857. The molecule has 0 fully saturated rings. The van der Waals surface area contributed by atoms with Crippen LogP contribution >= 0.6 is 0 Å². The summed E-state index contributed by atoms with van der Waals surface area (Å²) < 4.78 is 5.45. The van der Waals surface area contributed by atoms with Gasteiger partial charge in [-0.15, -0.1) is 0 Å². The van der Waals surface area contributed by atoms with Gasteiger partial charge in [-0.1, -0.05) is 35.5 Å². The third-order valence-electron chi connectivity index (χ3n) is 4.17. The standard InChI is InChI=1S/C17H22N2O2/c20-11-10-15(13-6-2-1-3-7-13)18-12-16-14-8-4-5-9-17(14)21-19-16/h1-3,6-7,15,18,20H,4-5,8-12H2. The highest BCUT2D eigenvalue weighted by atomic mass is 16.5. The van der Waals surface area contributed by atoms with E-state index in [1.807, 2.05) is 18.2 Å². The minimum atomic E-state index is 0.146. The Hall–Kier alpha value is -1.65. The number of aliphatic hydroxyl groups is 1. The van der Waals surface area contributed by atoms with E-state index in [2.05, 4.69) is 22.6 Å². The van der Waals surface area contributed by atoms with Gasteiger partial charge in [0.1, 0.15) is 11.5 Å². The Labute approximate surface area is 125 Å². The molecule has 0 bridgehead atoms. The average Bonchev–Trinajstić information content (AvgIpc) is 2.95. The van der Waals surface area contributed by atoms with Gasteiger partial charge in [0.2, 0.25) is 0 Å². The number of hydrogen-bond donors (Lipinski definition) is 2. The Bertz CT molecular complexity index is 565. The van der Waals surface area contributed by atoms with Crippen LogP contribution in [0.3, 0.4) is 0 Å². The predicted molar refractivity (Wildman–Crippen MR) is 80.9 cm³/mol. The molecule has 3 rings (SSSR count). The Morgan fingerprint density at radius 2 is 2.00 bits per heavy atom. The molecular weight excluding hydrogens is 264 g/mol. The number of aryl methyl sites for hydroxylation is 1. The van der Waals surface area contributed by atoms with Crippen molar-refractivity contribution in [2.75, 3.05) is 6.61 Å². The number of aliphatic hydroxyl groups excluding tert-OH is 1. The largest absolute Gasteiger partial charge is 0.396 e. The molecule has 0 saturated heterocycles. The maximum absolute atomic E-state index is 9.27. The second-order valence-corrected chi connectivity index (χ2v) is 5.59. The normalized spacial score (nSPS) is 15.7. The van der Waals surface area contributed by atoms with Crippen molar-refractivity contribution < 1.29 is 9.63 Å². The van der Waals surface area contributed by atoms with Crippen molar-refractivity contribution >= 4 is 0 Å². The van der Waals surface area contributed by atoms with Gasteiger partial charge < -0.3 is 14.9 Å². The SMILES string of the molecule is OCCC(NCc1noc2c1CCCC2)c1ccccc1. The van der Waals surface area contributed by atoms with Gasteiger partial charge in [-0.05, 0) is 31.2 Å². The van der Waals surface area contributed by atoms with E-state index in [0.29, 0.717) is 13.0 Å². The molecule has 1 aromatic carbocycles. The summed E-state index contributed by atoms with van der Waals surface area (Å²) >= 11 is 0. The molecule has 2 N–H and O–H groups in total. The Kier molecular flexibility index (Phi) is 4.68. The molecule has 4 nitrogen and oxygen atoms in total. The molecule has 1 unspecified atom stereocenters. The van der Waals surface area contributed by atoms with E-state index < -0.39 is 0 Å². The van der Waals surface area contributed by atoms with Crippen molar-refractivity contribution in [1.82, 2.24) is 10.5 Å². The van der Waals surface area contributed by atoms with E-state index in [0.717, 1.165) is 24.3 Å². The lowest BCUT2D eigenvalue weighted by Gasteiger charge is -2.18. The second-order valence-electron chi connectivity index (χ2n) is 5.59. The first-order chi connectivity index (χ1) is 10.4. The van der Waals surface area contributed by atoms with Crippen LogP contribution in [-0.4, -0.2) is 16.9 Å². The third-order valence-corrected chi connectivity index (χ3v) is 4.17. The number of nitrogens with one attached hydrogen (secondary N) is 1. The smallest absolute Gasteiger partial charge is 0.140 e. The van der Waals surface area contributed by atoms with Gasteiger partial charge in [-0.3, -0.25) is 0 Å². The van der Waals surface area contributed by atoms with Gasteiger partial charge in [-0.2, -0.15) is 0 Å². The second kappa shape index (κ2) is 6.87. The Balaban J connectivity index is 1.68. The molecule has 2 aromatic rings. The lowest BCUT2D eigenvalue weighted by molar-refractivity contribution is 0.264. The van der Waals surface area contributed by atoms with Crippen molar-refractivity contribution in [1.29, 1.82) is 0 Å². The molecule has 1 aromatic heterocycles. The van der Waals surface area contributed by atoms with Crippen LogP contribution in [-0.2, 0) is 19.4 Å². The molecule has 1 aliphatic carbocycles. The molecular formula is C17H22N2O2. The highest BCUT2D eigenvalue weighted by Crippen LogP contribution is 2.25. The minimum Gasteiger partial charge on any atom is -0.396 e. The molecule has 0 aliphatic heterocycles. The molecule has 0 radical (unpaired) electrons. The zero-order valence-corrected chi connectivity index (χ0v) is 12.2. The van der Waals surface area contributed by atoms with Crippen molar-refractivity contribution in [2.24, 2.45) is 0 Å². The van der Waals surface area contributed by atoms with Gasteiger partial charge in [0.15, 0.2) is 0 Å². The van der Waals surface area contributed by atoms with Crippen LogP contribution in [0.5, 0.6) is 0 Å². The Morgan fingerprint density at radius 3 is 2.81 bits per heavy atom. The van der Waals surface area contributed by atoms with Crippen LogP contribution in [0, 0.1) is 0 Å². The molecule has 112 valence electrons. The summed E-state index contributed by atoms with van der Waals surface area (Å²) in [5, 5.41) is 17.0. The van der Waals surface area contributed by atoms with Crippen LogP contribution in [0.4, 0.5) is 0 Å². The molecule has 0 saturated carbocycles. The number of rotatable bonds is 6. The molecule has 1 heterocycles.